The van der Waals surface area contributed by atoms with E-state index in [2.05, 4.69) is 11.7 Å². The molecule has 0 atom stereocenters. The predicted molar refractivity (Wildman–Crippen MR) is 55.5 cm³/mol. The third-order valence-corrected chi connectivity index (χ3v) is 1.59. The molecule has 13 heavy (non-hydrogen) atoms. The van der Waals surface area contributed by atoms with E-state index >= 15 is 0 Å². The van der Waals surface area contributed by atoms with Crippen LogP contribution in [0.5, 0.6) is 5.75 Å². The number of nitrogens with zero attached hydrogens (tertiary/aromatic N) is 1. The van der Waals surface area contributed by atoms with E-state index in [4.69, 9.17) is 4.74 Å². The van der Waals surface area contributed by atoms with E-state index in [0.29, 0.717) is 6.54 Å². The molecule has 0 saturated carbocycles. The van der Waals surface area contributed by atoms with E-state index in [1.807, 2.05) is 38.1 Å². The number of rotatable bonds is 4. The Hall–Kier alpha value is -1.31. The summed E-state index contributed by atoms with van der Waals surface area (Å²) in [6.07, 6.45) is 0.225. The van der Waals surface area contributed by atoms with Crippen molar-refractivity contribution in [2.75, 3.05) is 0 Å². The maximum atomic E-state index is 5.50. The van der Waals surface area contributed by atoms with Crippen LogP contribution in [0.15, 0.2) is 29.3 Å². The zero-order chi connectivity index (χ0) is 9.68. The van der Waals surface area contributed by atoms with Crippen molar-refractivity contribution in [2.45, 2.75) is 26.5 Å². The quantitative estimate of drug-likeness (QED) is 0.648. The summed E-state index contributed by atoms with van der Waals surface area (Å²) < 4.78 is 5.50. The average molecular weight is 177 g/mol. The minimum Gasteiger partial charge on any atom is -0.491 e. The topological polar surface area (TPSA) is 21.6 Å². The van der Waals surface area contributed by atoms with Crippen molar-refractivity contribution < 1.29 is 4.74 Å². The Morgan fingerprint density at radius 2 is 1.92 bits per heavy atom. The van der Waals surface area contributed by atoms with Gasteiger partial charge >= 0.3 is 0 Å². The second kappa shape index (κ2) is 4.65. The van der Waals surface area contributed by atoms with E-state index in [-0.39, 0.29) is 6.10 Å². The van der Waals surface area contributed by atoms with Crippen LogP contribution in [-0.2, 0) is 6.54 Å². The SMILES string of the molecule is C=NCc1ccc(OC(C)C)cc1. The summed E-state index contributed by atoms with van der Waals surface area (Å²) in [6.45, 7) is 8.14. The van der Waals surface area contributed by atoms with Crippen molar-refractivity contribution in [1.82, 2.24) is 0 Å². The summed E-state index contributed by atoms with van der Waals surface area (Å²) in [6, 6.07) is 7.93. The highest BCUT2D eigenvalue weighted by atomic mass is 16.5. The zero-order valence-electron chi connectivity index (χ0n) is 8.16. The lowest BCUT2D eigenvalue weighted by molar-refractivity contribution is 0.242. The van der Waals surface area contributed by atoms with Crippen molar-refractivity contribution in [2.24, 2.45) is 4.99 Å². The Kier molecular flexibility index (Phi) is 3.50. The van der Waals surface area contributed by atoms with Gasteiger partial charge in [0.2, 0.25) is 0 Å². The van der Waals surface area contributed by atoms with Gasteiger partial charge in [0, 0.05) is 0 Å². The standard InChI is InChI=1S/C11H15NO/c1-9(2)13-11-6-4-10(5-7-11)8-12-3/h4-7,9H,3,8H2,1-2H3. The van der Waals surface area contributed by atoms with Crippen LogP contribution in [0, 0.1) is 0 Å². The first-order chi connectivity index (χ1) is 6.22. The number of hydrogen-bond acceptors (Lipinski definition) is 2. The lowest BCUT2D eigenvalue weighted by atomic mass is 10.2. The second-order valence-corrected chi connectivity index (χ2v) is 3.19. The number of aliphatic imine (C=N–C) groups is 1. The van der Waals surface area contributed by atoms with Gasteiger partial charge in [-0.2, -0.15) is 0 Å². The second-order valence-electron chi connectivity index (χ2n) is 3.19. The summed E-state index contributed by atoms with van der Waals surface area (Å²) in [7, 11) is 0. The van der Waals surface area contributed by atoms with E-state index in [9.17, 15) is 0 Å². The zero-order valence-corrected chi connectivity index (χ0v) is 8.16. The Labute approximate surface area is 79.3 Å². The highest BCUT2D eigenvalue weighted by molar-refractivity contribution is 5.29. The van der Waals surface area contributed by atoms with Gasteiger partial charge in [-0.1, -0.05) is 12.1 Å². The molecule has 70 valence electrons. The summed E-state index contributed by atoms with van der Waals surface area (Å²) in [5, 5.41) is 0. The van der Waals surface area contributed by atoms with Crippen LogP contribution in [0.1, 0.15) is 19.4 Å². The van der Waals surface area contributed by atoms with Gasteiger partial charge in [0.25, 0.3) is 0 Å². The van der Waals surface area contributed by atoms with Crippen molar-refractivity contribution in [3.05, 3.63) is 29.8 Å². The first kappa shape index (κ1) is 9.78. The van der Waals surface area contributed by atoms with E-state index in [1.54, 1.807) is 0 Å². The summed E-state index contributed by atoms with van der Waals surface area (Å²) in [5.41, 5.74) is 1.16. The third-order valence-electron chi connectivity index (χ3n) is 1.59. The fraction of sp³-hybridized carbons (Fsp3) is 0.364. The fourth-order valence-corrected chi connectivity index (χ4v) is 1.07. The van der Waals surface area contributed by atoms with Gasteiger partial charge in [-0.15, -0.1) is 0 Å². The van der Waals surface area contributed by atoms with Crippen molar-refractivity contribution in [3.63, 3.8) is 0 Å². The van der Waals surface area contributed by atoms with Crippen LogP contribution in [-0.4, -0.2) is 12.8 Å². The molecule has 0 fully saturated rings. The first-order valence-corrected chi connectivity index (χ1v) is 4.40. The Morgan fingerprint density at radius 3 is 2.38 bits per heavy atom. The molecular formula is C11H15NO. The van der Waals surface area contributed by atoms with Crippen LogP contribution in [0.4, 0.5) is 0 Å². The monoisotopic (exact) mass is 177 g/mol. The van der Waals surface area contributed by atoms with Crippen LogP contribution in [0.25, 0.3) is 0 Å². The van der Waals surface area contributed by atoms with E-state index < -0.39 is 0 Å². The predicted octanol–water partition coefficient (Wildman–Crippen LogP) is 2.67. The molecule has 1 rings (SSSR count). The molecule has 0 unspecified atom stereocenters. The van der Waals surface area contributed by atoms with Gasteiger partial charge in [0.15, 0.2) is 0 Å². The van der Waals surface area contributed by atoms with Gasteiger partial charge in [0.1, 0.15) is 5.75 Å². The molecule has 0 heterocycles. The molecule has 2 nitrogen and oxygen atoms in total. The van der Waals surface area contributed by atoms with Crippen LogP contribution >= 0.6 is 0 Å². The largest absolute Gasteiger partial charge is 0.491 e. The van der Waals surface area contributed by atoms with Gasteiger partial charge in [-0.3, -0.25) is 4.99 Å². The van der Waals surface area contributed by atoms with Crippen LogP contribution in [0.2, 0.25) is 0 Å². The van der Waals surface area contributed by atoms with Crippen LogP contribution in [0.3, 0.4) is 0 Å². The highest BCUT2D eigenvalue weighted by Gasteiger charge is 1.96. The molecule has 0 N–H and O–H groups in total. The Morgan fingerprint density at radius 1 is 1.31 bits per heavy atom. The molecule has 0 aliphatic rings. The summed E-state index contributed by atoms with van der Waals surface area (Å²) in [4.78, 5) is 3.81. The molecule has 0 aliphatic heterocycles. The fourth-order valence-electron chi connectivity index (χ4n) is 1.07. The molecule has 2 heteroatoms. The normalized spacial score (nSPS) is 10.1. The number of benzene rings is 1. The molecule has 0 radical (unpaired) electrons. The molecule has 0 aromatic heterocycles. The van der Waals surface area contributed by atoms with Gasteiger partial charge in [0.05, 0.1) is 12.6 Å². The number of ether oxygens (including phenoxy) is 1. The molecule has 0 aliphatic carbocycles. The Balaban J connectivity index is 2.63. The molecular weight excluding hydrogens is 162 g/mol. The lowest BCUT2D eigenvalue weighted by Crippen LogP contribution is -2.05. The van der Waals surface area contributed by atoms with Gasteiger partial charge in [-0.25, -0.2) is 0 Å². The van der Waals surface area contributed by atoms with Crippen LogP contribution < -0.4 is 4.74 Å². The van der Waals surface area contributed by atoms with Crippen molar-refractivity contribution in [1.29, 1.82) is 0 Å². The number of hydrogen-bond donors (Lipinski definition) is 0. The highest BCUT2D eigenvalue weighted by Crippen LogP contribution is 2.13. The average Bonchev–Trinajstić information content (AvgIpc) is 2.08. The molecule has 1 aromatic rings. The van der Waals surface area contributed by atoms with E-state index in [1.165, 1.54) is 0 Å². The van der Waals surface area contributed by atoms with Gasteiger partial charge < -0.3 is 4.74 Å². The van der Waals surface area contributed by atoms with Crippen molar-refractivity contribution in [3.8, 4) is 5.75 Å². The maximum Gasteiger partial charge on any atom is 0.119 e. The van der Waals surface area contributed by atoms with Crippen molar-refractivity contribution >= 4 is 6.72 Å². The van der Waals surface area contributed by atoms with Gasteiger partial charge in [-0.05, 0) is 38.3 Å². The Bertz CT molecular complexity index is 264. The molecule has 0 spiro atoms. The molecule has 0 bridgehead atoms. The molecule has 0 saturated heterocycles. The minimum atomic E-state index is 0.225. The summed E-state index contributed by atoms with van der Waals surface area (Å²) >= 11 is 0. The van der Waals surface area contributed by atoms with E-state index in [0.717, 1.165) is 11.3 Å². The molecule has 1 aromatic carbocycles. The molecule has 0 amide bonds. The smallest absolute Gasteiger partial charge is 0.119 e. The third kappa shape index (κ3) is 3.28. The first-order valence-electron chi connectivity index (χ1n) is 4.40. The summed E-state index contributed by atoms with van der Waals surface area (Å²) in [5.74, 6) is 0.905. The lowest BCUT2D eigenvalue weighted by Gasteiger charge is -2.09. The minimum absolute atomic E-state index is 0.225. The maximum absolute atomic E-state index is 5.50.